The summed E-state index contributed by atoms with van der Waals surface area (Å²) in [4.78, 5) is 14.2. The number of halogens is 2. The maximum Gasteiger partial charge on any atom is 0.253 e. The van der Waals surface area contributed by atoms with Crippen molar-refractivity contribution in [3.05, 3.63) is 34.6 Å². The van der Waals surface area contributed by atoms with Gasteiger partial charge in [0, 0.05) is 18.7 Å². The number of benzene rings is 1. The van der Waals surface area contributed by atoms with Crippen LogP contribution in [0.25, 0.3) is 0 Å². The van der Waals surface area contributed by atoms with Gasteiger partial charge in [-0.25, -0.2) is 4.39 Å². The fourth-order valence-corrected chi connectivity index (χ4v) is 2.87. The van der Waals surface area contributed by atoms with Gasteiger partial charge in [0.15, 0.2) is 0 Å². The summed E-state index contributed by atoms with van der Waals surface area (Å²) in [5, 5.41) is 9.82. The average Bonchev–Trinajstić information content (AvgIpc) is 2.49. The number of nitrogens with zero attached hydrogens (tertiary/aromatic N) is 1. The fraction of sp³-hybridized carbons (Fsp3) is 0.533. The molecule has 2 rings (SSSR count). The minimum absolute atomic E-state index is 0.0510. The topological polar surface area (TPSA) is 40.5 Å². The van der Waals surface area contributed by atoms with Crippen molar-refractivity contribution in [2.24, 2.45) is 5.41 Å². The third kappa shape index (κ3) is 3.49. The van der Waals surface area contributed by atoms with Crippen molar-refractivity contribution in [3.8, 4) is 0 Å². The first-order valence-corrected chi connectivity index (χ1v) is 7.09. The van der Waals surface area contributed by atoms with E-state index in [9.17, 15) is 14.3 Å². The molecule has 1 unspecified atom stereocenters. The first-order chi connectivity index (χ1) is 9.28. The predicted molar refractivity (Wildman–Crippen MR) is 76.3 cm³/mol. The number of amides is 1. The molecule has 3 nitrogen and oxygen atoms in total. The number of aliphatic hydroxyl groups is 1. The van der Waals surface area contributed by atoms with E-state index in [2.05, 4.69) is 0 Å². The summed E-state index contributed by atoms with van der Waals surface area (Å²) in [6, 6.07) is 4.00. The third-order valence-electron chi connectivity index (χ3n) is 3.59. The van der Waals surface area contributed by atoms with Gasteiger partial charge in [0.2, 0.25) is 0 Å². The van der Waals surface area contributed by atoms with E-state index in [1.54, 1.807) is 4.90 Å². The third-order valence-corrected chi connectivity index (χ3v) is 3.88. The van der Waals surface area contributed by atoms with Crippen molar-refractivity contribution in [1.29, 1.82) is 0 Å². The Morgan fingerprint density at radius 2 is 2.20 bits per heavy atom. The lowest BCUT2D eigenvalue weighted by molar-refractivity contribution is 0.0705. The van der Waals surface area contributed by atoms with Gasteiger partial charge in [-0.3, -0.25) is 4.79 Å². The van der Waals surface area contributed by atoms with E-state index in [1.807, 2.05) is 13.8 Å². The minimum Gasteiger partial charge on any atom is -0.393 e. The van der Waals surface area contributed by atoms with Crippen molar-refractivity contribution in [2.45, 2.75) is 32.8 Å². The summed E-state index contributed by atoms with van der Waals surface area (Å²) in [6.07, 6.45) is 0.838. The lowest BCUT2D eigenvalue weighted by Crippen LogP contribution is -2.37. The highest BCUT2D eigenvalue weighted by Gasteiger charge is 2.31. The summed E-state index contributed by atoms with van der Waals surface area (Å²) in [5.74, 6) is -0.705. The van der Waals surface area contributed by atoms with Crippen LogP contribution in [0.15, 0.2) is 18.2 Å². The molecule has 1 amide bonds. The largest absolute Gasteiger partial charge is 0.393 e. The molecule has 0 spiro atoms. The SMILES string of the molecule is CC1(C)CC(O)CCN(C(=O)c2ccc(F)c(Cl)c2)C1. The van der Waals surface area contributed by atoms with Crippen LogP contribution in [0.2, 0.25) is 5.02 Å². The maximum atomic E-state index is 13.2. The summed E-state index contributed by atoms with van der Waals surface area (Å²) in [7, 11) is 0. The second-order valence-corrected chi connectivity index (χ2v) is 6.57. The zero-order valence-electron chi connectivity index (χ0n) is 11.7. The second-order valence-electron chi connectivity index (χ2n) is 6.17. The van der Waals surface area contributed by atoms with Gasteiger partial charge in [0.1, 0.15) is 5.82 Å². The van der Waals surface area contributed by atoms with Crippen LogP contribution in [0, 0.1) is 11.2 Å². The molecule has 1 N–H and O–H groups in total. The van der Waals surface area contributed by atoms with Crippen molar-refractivity contribution in [1.82, 2.24) is 4.90 Å². The monoisotopic (exact) mass is 299 g/mol. The number of carbonyl (C=O) groups excluding carboxylic acids is 1. The van der Waals surface area contributed by atoms with Gasteiger partial charge in [-0.05, 0) is 36.5 Å². The van der Waals surface area contributed by atoms with E-state index >= 15 is 0 Å². The normalized spacial score (nSPS) is 22.4. The molecular weight excluding hydrogens is 281 g/mol. The Labute approximate surface area is 123 Å². The molecule has 1 heterocycles. The zero-order valence-corrected chi connectivity index (χ0v) is 12.5. The Bertz CT molecular complexity index is 519. The molecule has 5 heteroatoms. The number of hydrogen-bond donors (Lipinski definition) is 1. The molecule has 1 saturated heterocycles. The number of aliphatic hydroxyl groups excluding tert-OH is 1. The van der Waals surface area contributed by atoms with Crippen LogP contribution in [0.3, 0.4) is 0 Å². The standard InChI is InChI=1S/C15H19ClFNO2/c1-15(2)8-11(19)5-6-18(9-15)14(20)10-3-4-13(17)12(16)7-10/h3-4,7,11,19H,5-6,8-9H2,1-2H3. The molecule has 0 aromatic heterocycles. The van der Waals surface area contributed by atoms with Crippen LogP contribution in [0.1, 0.15) is 37.0 Å². The number of hydrogen-bond acceptors (Lipinski definition) is 2. The minimum atomic E-state index is -0.533. The van der Waals surface area contributed by atoms with E-state index in [4.69, 9.17) is 11.6 Å². The first kappa shape index (κ1) is 15.3. The molecular formula is C15H19ClFNO2. The van der Waals surface area contributed by atoms with Gasteiger partial charge in [-0.2, -0.15) is 0 Å². The highest BCUT2D eigenvalue weighted by molar-refractivity contribution is 6.31. The molecule has 110 valence electrons. The molecule has 20 heavy (non-hydrogen) atoms. The summed E-state index contributed by atoms with van der Waals surface area (Å²) in [5.41, 5.74) is 0.235. The van der Waals surface area contributed by atoms with Gasteiger partial charge in [-0.1, -0.05) is 25.4 Å². The molecule has 0 saturated carbocycles. The Hall–Kier alpha value is -1.13. The molecule has 1 aliphatic heterocycles. The second kappa shape index (κ2) is 5.70. The summed E-state index contributed by atoms with van der Waals surface area (Å²) in [6.45, 7) is 5.12. The number of likely N-dealkylation sites (tertiary alicyclic amines) is 1. The van der Waals surface area contributed by atoms with Gasteiger partial charge in [0.25, 0.3) is 5.91 Å². The van der Waals surface area contributed by atoms with Gasteiger partial charge >= 0.3 is 0 Å². The van der Waals surface area contributed by atoms with E-state index in [0.29, 0.717) is 31.5 Å². The van der Waals surface area contributed by atoms with Crippen molar-refractivity contribution < 1.29 is 14.3 Å². The van der Waals surface area contributed by atoms with Crippen molar-refractivity contribution in [2.75, 3.05) is 13.1 Å². The Morgan fingerprint density at radius 1 is 1.50 bits per heavy atom. The quantitative estimate of drug-likeness (QED) is 0.865. The van der Waals surface area contributed by atoms with Gasteiger partial charge in [0.05, 0.1) is 11.1 Å². The Morgan fingerprint density at radius 3 is 2.85 bits per heavy atom. The molecule has 1 aromatic carbocycles. The van der Waals surface area contributed by atoms with E-state index in [-0.39, 0.29) is 22.4 Å². The summed E-state index contributed by atoms with van der Waals surface area (Å²) >= 11 is 5.72. The van der Waals surface area contributed by atoms with E-state index in [1.165, 1.54) is 18.2 Å². The number of rotatable bonds is 1. The molecule has 1 aliphatic rings. The maximum absolute atomic E-state index is 13.2. The fourth-order valence-electron chi connectivity index (χ4n) is 2.69. The van der Waals surface area contributed by atoms with Crippen LogP contribution < -0.4 is 0 Å². The molecule has 1 aromatic rings. The Balaban J connectivity index is 2.21. The lowest BCUT2D eigenvalue weighted by atomic mass is 9.87. The molecule has 1 fully saturated rings. The predicted octanol–water partition coefficient (Wildman–Crippen LogP) is 3.10. The van der Waals surface area contributed by atoms with Crippen LogP contribution in [-0.2, 0) is 0 Å². The molecule has 0 radical (unpaired) electrons. The highest BCUT2D eigenvalue weighted by Crippen LogP contribution is 2.29. The van der Waals surface area contributed by atoms with Crippen molar-refractivity contribution >= 4 is 17.5 Å². The van der Waals surface area contributed by atoms with E-state index in [0.717, 1.165) is 0 Å². The van der Waals surface area contributed by atoms with Gasteiger partial charge < -0.3 is 10.0 Å². The van der Waals surface area contributed by atoms with Gasteiger partial charge in [-0.15, -0.1) is 0 Å². The first-order valence-electron chi connectivity index (χ1n) is 6.71. The summed E-state index contributed by atoms with van der Waals surface area (Å²) < 4.78 is 13.2. The molecule has 1 atom stereocenters. The van der Waals surface area contributed by atoms with E-state index < -0.39 is 5.82 Å². The average molecular weight is 300 g/mol. The van der Waals surface area contributed by atoms with Crippen LogP contribution >= 0.6 is 11.6 Å². The Kier molecular flexibility index (Phi) is 4.35. The van der Waals surface area contributed by atoms with Crippen LogP contribution in [0.4, 0.5) is 4.39 Å². The van der Waals surface area contributed by atoms with Crippen LogP contribution in [0.5, 0.6) is 0 Å². The highest BCUT2D eigenvalue weighted by atomic mass is 35.5. The smallest absolute Gasteiger partial charge is 0.253 e. The number of carbonyl (C=O) groups is 1. The molecule has 0 bridgehead atoms. The lowest BCUT2D eigenvalue weighted by Gasteiger charge is -2.29. The zero-order chi connectivity index (χ0) is 14.9. The van der Waals surface area contributed by atoms with Crippen LogP contribution in [-0.4, -0.2) is 35.1 Å². The van der Waals surface area contributed by atoms with Crippen molar-refractivity contribution in [3.63, 3.8) is 0 Å². The molecule has 0 aliphatic carbocycles.